The summed E-state index contributed by atoms with van der Waals surface area (Å²) >= 11 is 1.61. The van der Waals surface area contributed by atoms with E-state index in [4.69, 9.17) is 0 Å². The highest BCUT2D eigenvalue weighted by molar-refractivity contribution is 7.09. The molecular formula is C16H21N3OS. The van der Waals surface area contributed by atoms with E-state index in [0.717, 1.165) is 41.5 Å². The lowest BCUT2D eigenvalue weighted by molar-refractivity contribution is -0.115. The lowest BCUT2D eigenvalue weighted by atomic mass is 10.2. The van der Waals surface area contributed by atoms with Gasteiger partial charge in [-0.15, -0.1) is 11.3 Å². The Morgan fingerprint density at radius 1 is 1.24 bits per heavy atom. The van der Waals surface area contributed by atoms with E-state index in [1.54, 1.807) is 11.3 Å². The van der Waals surface area contributed by atoms with Crippen LogP contribution in [-0.2, 0) is 17.6 Å². The van der Waals surface area contributed by atoms with Gasteiger partial charge < -0.3 is 10.6 Å². The van der Waals surface area contributed by atoms with Gasteiger partial charge in [-0.25, -0.2) is 4.98 Å². The normalized spacial score (nSPS) is 10.4. The molecule has 0 bridgehead atoms. The number of hydrogen-bond donors (Lipinski definition) is 2. The summed E-state index contributed by atoms with van der Waals surface area (Å²) in [7, 11) is 0. The standard InChI is InChI=1S/C16H21N3OS/c1-3-9-17-13-7-5-6-8-14(13)19-15(20)10-12-11-21-16(4-2)18-12/h5-8,11,17H,3-4,9-10H2,1-2H3,(H,19,20). The van der Waals surface area contributed by atoms with E-state index < -0.39 is 0 Å². The van der Waals surface area contributed by atoms with Crippen molar-refractivity contribution >= 4 is 28.6 Å². The van der Waals surface area contributed by atoms with Gasteiger partial charge in [-0.3, -0.25) is 4.79 Å². The fourth-order valence-electron chi connectivity index (χ4n) is 1.96. The summed E-state index contributed by atoms with van der Waals surface area (Å²) in [5, 5.41) is 9.31. The molecule has 0 saturated heterocycles. The molecule has 0 aliphatic rings. The Morgan fingerprint density at radius 3 is 2.67 bits per heavy atom. The maximum Gasteiger partial charge on any atom is 0.230 e. The summed E-state index contributed by atoms with van der Waals surface area (Å²) in [6.07, 6.45) is 2.27. The van der Waals surface area contributed by atoms with Crippen molar-refractivity contribution in [1.29, 1.82) is 0 Å². The minimum atomic E-state index is -0.0336. The van der Waals surface area contributed by atoms with Crippen LogP contribution in [0.2, 0.25) is 0 Å². The molecule has 1 heterocycles. The Hall–Kier alpha value is -1.88. The van der Waals surface area contributed by atoms with Crippen molar-refractivity contribution in [3.05, 3.63) is 40.3 Å². The summed E-state index contributed by atoms with van der Waals surface area (Å²) < 4.78 is 0. The van der Waals surface area contributed by atoms with Gasteiger partial charge in [-0.1, -0.05) is 26.0 Å². The van der Waals surface area contributed by atoms with Gasteiger partial charge in [0.2, 0.25) is 5.91 Å². The molecule has 0 saturated carbocycles. The number of aromatic nitrogens is 1. The van der Waals surface area contributed by atoms with Crippen molar-refractivity contribution in [2.24, 2.45) is 0 Å². The third-order valence-electron chi connectivity index (χ3n) is 3.01. The quantitative estimate of drug-likeness (QED) is 0.820. The monoisotopic (exact) mass is 303 g/mol. The van der Waals surface area contributed by atoms with Gasteiger partial charge in [0, 0.05) is 11.9 Å². The van der Waals surface area contributed by atoms with Gasteiger partial charge in [0.1, 0.15) is 0 Å². The van der Waals surface area contributed by atoms with Crippen molar-refractivity contribution < 1.29 is 4.79 Å². The zero-order chi connectivity index (χ0) is 15.1. The van der Waals surface area contributed by atoms with Crippen molar-refractivity contribution in [2.45, 2.75) is 33.1 Å². The molecule has 0 radical (unpaired) electrons. The van der Waals surface area contributed by atoms with Gasteiger partial charge >= 0.3 is 0 Å². The molecule has 1 aromatic carbocycles. The molecule has 0 unspecified atom stereocenters. The van der Waals surface area contributed by atoms with E-state index in [9.17, 15) is 4.79 Å². The summed E-state index contributed by atoms with van der Waals surface area (Å²) in [6, 6.07) is 7.77. The van der Waals surface area contributed by atoms with E-state index in [1.807, 2.05) is 29.6 Å². The van der Waals surface area contributed by atoms with Crippen LogP contribution < -0.4 is 10.6 Å². The van der Waals surface area contributed by atoms with Crippen molar-refractivity contribution in [1.82, 2.24) is 4.98 Å². The predicted octanol–water partition coefficient (Wildman–Crippen LogP) is 3.71. The van der Waals surface area contributed by atoms with Crippen LogP contribution in [0.4, 0.5) is 11.4 Å². The van der Waals surface area contributed by atoms with Crippen LogP contribution in [0.15, 0.2) is 29.6 Å². The molecule has 2 rings (SSSR count). The first-order valence-corrected chi connectivity index (χ1v) is 8.17. The first kappa shape index (κ1) is 15.5. The number of para-hydroxylation sites is 2. The smallest absolute Gasteiger partial charge is 0.230 e. The summed E-state index contributed by atoms with van der Waals surface area (Å²) in [5.41, 5.74) is 2.62. The molecule has 2 N–H and O–H groups in total. The van der Waals surface area contributed by atoms with Crippen LogP contribution in [0.1, 0.15) is 31.0 Å². The van der Waals surface area contributed by atoms with Gasteiger partial charge in [0.25, 0.3) is 0 Å². The zero-order valence-electron chi connectivity index (χ0n) is 12.5. The number of carbonyl (C=O) groups is 1. The summed E-state index contributed by atoms with van der Waals surface area (Å²) in [6.45, 7) is 5.07. The van der Waals surface area contributed by atoms with Crippen LogP contribution in [0, 0.1) is 0 Å². The van der Waals surface area contributed by atoms with E-state index in [-0.39, 0.29) is 5.91 Å². The van der Waals surface area contributed by atoms with Crippen molar-refractivity contribution in [2.75, 3.05) is 17.2 Å². The third kappa shape index (κ3) is 4.56. The third-order valence-corrected chi connectivity index (χ3v) is 4.05. The first-order chi connectivity index (χ1) is 10.2. The Bertz CT molecular complexity index is 595. The van der Waals surface area contributed by atoms with Gasteiger partial charge in [-0.2, -0.15) is 0 Å². The van der Waals surface area contributed by atoms with Crippen molar-refractivity contribution in [3.63, 3.8) is 0 Å². The molecule has 1 aromatic heterocycles. The lowest BCUT2D eigenvalue weighted by Crippen LogP contribution is -2.16. The second-order valence-corrected chi connectivity index (χ2v) is 5.73. The number of rotatable bonds is 7. The first-order valence-electron chi connectivity index (χ1n) is 7.29. The van der Waals surface area contributed by atoms with E-state index in [0.29, 0.717) is 6.42 Å². The number of nitrogens with zero attached hydrogens (tertiary/aromatic N) is 1. The number of nitrogens with one attached hydrogen (secondary N) is 2. The van der Waals surface area contributed by atoms with E-state index in [2.05, 4.69) is 29.5 Å². The zero-order valence-corrected chi connectivity index (χ0v) is 13.3. The lowest BCUT2D eigenvalue weighted by Gasteiger charge is -2.12. The van der Waals surface area contributed by atoms with Crippen LogP contribution in [0.5, 0.6) is 0 Å². The van der Waals surface area contributed by atoms with Gasteiger partial charge in [0.15, 0.2) is 0 Å². The molecule has 1 amide bonds. The Balaban J connectivity index is 1.98. The topological polar surface area (TPSA) is 54.0 Å². The summed E-state index contributed by atoms with van der Waals surface area (Å²) in [4.78, 5) is 16.6. The van der Waals surface area contributed by atoms with Crippen LogP contribution in [-0.4, -0.2) is 17.4 Å². The molecule has 0 spiro atoms. The molecule has 0 atom stereocenters. The molecule has 21 heavy (non-hydrogen) atoms. The van der Waals surface area contributed by atoms with Crippen LogP contribution >= 0.6 is 11.3 Å². The highest BCUT2D eigenvalue weighted by atomic mass is 32.1. The number of amides is 1. The van der Waals surface area contributed by atoms with Crippen molar-refractivity contribution in [3.8, 4) is 0 Å². The van der Waals surface area contributed by atoms with Gasteiger partial charge in [0.05, 0.1) is 28.5 Å². The number of anilines is 2. The Labute approximate surface area is 129 Å². The number of thiazole rings is 1. The van der Waals surface area contributed by atoms with E-state index in [1.165, 1.54) is 0 Å². The average Bonchev–Trinajstić information content (AvgIpc) is 2.94. The molecule has 5 heteroatoms. The minimum Gasteiger partial charge on any atom is -0.383 e. The highest BCUT2D eigenvalue weighted by Crippen LogP contribution is 2.21. The minimum absolute atomic E-state index is 0.0336. The summed E-state index contributed by atoms with van der Waals surface area (Å²) in [5.74, 6) is -0.0336. The maximum atomic E-state index is 12.1. The number of hydrogen-bond acceptors (Lipinski definition) is 4. The second kappa shape index (κ2) is 7.78. The van der Waals surface area contributed by atoms with Crippen LogP contribution in [0.25, 0.3) is 0 Å². The molecule has 0 fully saturated rings. The number of carbonyl (C=O) groups excluding carboxylic acids is 1. The van der Waals surface area contributed by atoms with Crippen LogP contribution in [0.3, 0.4) is 0 Å². The predicted molar refractivity (Wildman–Crippen MR) is 89.0 cm³/mol. The molecule has 112 valence electrons. The SMILES string of the molecule is CCCNc1ccccc1NC(=O)Cc1csc(CC)n1. The fraction of sp³-hybridized carbons (Fsp3) is 0.375. The maximum absolute atomic E-state index is 12.1. The Morgan fingerprint density at radius 2 is 2.00 bits per heavy atom. The van der Waals surface area contributed by atoms with E-state index >= 15 is 0 Å². The average molecular weight is 303 g/mol. The molecule has 2 aromatic rings. The second-order valence-electron chi connectivity index (χ2n) is 4.78. The van der Waals surface area contributed by atoms with Gasteiger partial charge in [-0.05, 0) is 25.0 Å². The molecular weight excluding hydrogens is 282 g/mol. The Kier molecular flexibility index (Phi) is 5.75. The number of benzene rings is 1. The molecule has 0 aliphatic carbocycles. The number of aryl methyl sites for hydroxylation is 1. The fourth-order valence-corrected chi connectivity index (χ4v) is 2.70. The largest absolute Gasteiger partial charge is 0.383 e. The molecule has 4 nitrogen and oxygen atoms in total. The molecule has 0 aliphatic heterocycles. The highest BCUT2D eigenvalue weighted by Gasteiger charge is 2.09.